The van der Waals surface area contributed by atoms with Gasteiger partial charge in [0, 0.05) is 10.6 Å². The standard InChI is InChI=1S/C14H14ClN3O2/c1-9-7-14(16-8-13(9)18(19)20)17-10(2)11-5-3-4-6-12(11)15/h3-8,10H,1-2H3,(H,16,17). The predicted octanol–water partition coefficient (Wildman–Crippen LogP) is 4.12. The average molecular weight is 292 g/mol. The first-order valence-electron chi connectivity index (χ1n) is 6.11. The van der Waals surface area contributed by atoms with E-state index in [1.807, 2.05) is 31.2 Å². The molecular formula is C14H14ClN3O2. The number of anilines is 1. The fraction of sp³-hybridized carbons (Fsp3) is 0.214. The van der Waals surface area contributed by atoms with Gasteiger partial charge in [0.2, 0.25) is 0 Å². The van der Waals surface area contributed by atoms with Crippen molar-refractivity contribution in [3.8, 4) is 0 Å². The van der Waals surface area contributed by atoms with Gasteiger partial charge in [0.25, 0.3) is 5.69 Å². The van der Waals surface area contributed by atoms with Gasteiger partial charge in [-0.2, -0.15) is 0 Å². The maximum atomic E-state index is 10.7. The number of rotatable bonds is 4. The second-order valence-electron chi connectivity index (χ2n) is 4.50. The molecule has 0 aliphatic carbocycles. The molecule has 0 spiro atoms. The molecule has 1 atom stereocenters. The van der Waals surface area contributed by atoms with Crippen LogP contribution in [0.15, 0.2) is 36.5 Å². The van der Waals surface area contributed by atoms with Crippen molar-refractivity contribution in [3.05, 3.63) is 62.8 Å². The third-order valence-corrected chi connectivity index (χ3v) is 3.36. The Labute approximate surface area is 121 Å². The summed E-state index contributed by atoms with van der Waals surface area (Å²) < 4.78 is 0. The number of hydrogen-bond donors (Lipinski definition) is 1. The summed E-state index contributed by atoms with van der Waals surface area (Å²) in [7, 11) is 0. The number of nitrogens with zero attached hydrogens (tertiary/aromatic N) is 2. The van der Waals surface area contributed by atoms with Crippen molar-refractivity contribution in [2.45, 2.75) is 19.9 Å². The summed E-state index contributed by atoms with van der Waals surface area (Å²) in [4.78, 5) is 14.4. The van der Waals surface area contributed by atoms with Crippen LogP contribution in [0.25, 0.3) is 0 Å². The highest BCUT2D eigenvalue weighted by Gasteiger charge is 2.14. The van der Waals surface area contributed by atoms with Crippen molar-refractivity contribution in [1.29, 1.82) is 0 Å². The first-order chi connectivity index (χ1) is 9.49. The normalized spacial score (nSPS) is 11.9. The average Bonchev–Trinajstić information content (AvgIpc) is 2.38. The SMILES string of the molecule is Cc1cc(NC(C)c2ccccc2Cl)ncc1[N+](=O)[O-]. The van der Waals surface area contributed by atoms with E-state index in [9.17, 15) is 10.1 Å². The Kier molecular flexibility index (Phi) is 4.20. The molecule has 0 amide bonds. The van der Waals surface area contributed by atoms with E-state index >= 15 is 0 Å². The molecule has 0 fully saturated rings. The first kappa shape index (κ1) is 14.3. The van der Waals surface area contributed by atoms with E-state index in [1.54, 1.807) is 13.0 Å². The minimum absolute atomic E-state index is 0.0148. The van der Waals surface area contributed by atoms with E-state index < -0.39 is 4.92 Å². The first-order valence-corrected chi connectivity index (χ1v) is 6.49. The fourth-order valence-electron chi connectivity index (χ4n) is 1.94. The minimum atomic E-state index is -0.441. The number of aryl methyl sites for hydroxylation is 1. The maximum absolute atomic E-state index is 10.7. The smallest absolute Gasteiger partial charge is 0.290 e. The number of halogens is 1. The summed E-state index contributed by atoms with van der Waals surface area (Å²) in [6.45, 7) is 3.64. The Morgan fingerprint density at radius 1 is 1.40 bits per heavy atom. The lowest BCUT2D eigenvalue weighted by molar-refractivity contribution is -0.385. The van der Waals surface area contributed by atoms with Crippen molar-refractivity contribution in [2.75, 3.05) is 5.32 Å². The predicted molar refractivity (Wildman–Crippen MR) is 79.1 cm³/mol. The lowest BCUT2D eigenvalue weighted by atomic mass is 10.1. The largest absolute Gasteiger partial charge is 0.363 e. The summed E-state index contributed by atoms with van der Waals surface area (Å²) in [5, 5.41) is 14.6. The van der Waals surface area contributed by atoms with Crippen molar-refractivity contribution in [1.82, 2.24) is 4.98 Å². The Hall–Kier alpha value is -2.14. The van der Waals surface area contributed by atoms with Crippen LogP contribution in [0.1, 0.15) is 24.1 Å². The van der Waals surface area contributed by atoms with Crippen LogP contribution in [0.3, 0.4) is 0 Å². The fourth-order valence-corrected chi connectivity index (χ4v) is 2.24. The molecule has 0 bridgehead atoms. The van der Waals surface area contributed by atoms with E-state index in [-0.39, 0.29) is 11.7 Å². The highest BCUT2D eigenvalue weighted by atomic mass is 35.5. The molecule has 0 saturated heterocycles. The molecule has 1 aromatic carbocycles. The number of nitrogens with one attached hydrogen (secondary N) is 1. The maximum Gasteiger partial charge on any atom is 0.290 e. The molecule has 2 aromatic rings. The molecule has 1 heterocycles. The summed E-state index contributed by atoms with van der Waals surface area (Å²) in [6, 6.07) is 9.14. The number of benzene rings is 1. The van der Waals surface area contributed by atoms with Gasteiger partial charge < -0.3 is 5.32 Å². The topological polar surface area (TPSA) is 68.1 Å². The van der Waals surface area contributed by atoms with E-state index in [0.29, 0.717) is 16.4 Å². The number of hydrogen-bond acceptors (Lipinski definition) is 4. The third-order valence-electron chi connectivity index (χ3n) is 3.02. The number of aromatic nitrogens is 1. The van der Waals surface area contributed by atoms with Crippen LogP contribution in [0.5, 0.6) is 0 Å². The minimum Gasteiger partial charge on any atom is -0.363 e. The highest BCUT2D eigenvalue weighted by Crippen LogP contribution is 2.26. The molecule has 0 aliphatic rings. The summed E-state index contributed by atoms with van der Waals surface area (Å²) in [5.74, 6) is 0.584. The van der Waals surface area contributed by atoms with Crippen LogP contribution in [0.4, 0.5) is 11.5 Å². The van der Waals surface area contributed by atoms with Gasteiger partial charge in [0.1, 0.15) is 12.0 Å². The van der Waals surface area contributed by atoms with Gasteiger partial charge in [-0.05, 0) is 31.5 Å². The van der Waals surface area contributed by atoms with Crippen LogP contribution >= 0.6 is 11.6 Å². The monoisotopic (exact) mass is 291 g/mol. The van der Waals surface area contributed by atoms with Crippen LogP contribution in [0.2, 0.25) is 5.02 Å². The van der Waals surface area contributed by atoms with Gasteiger partial charge in [0.05, 0.1) is 11.0 Å². The molecule has 0 saturated carbocycles. The van der Waals surface area contributed by atoms with Gasteiger partial charge in [-0.1, -0.05) is 29.8 Å². The van der Waals surface area contributed by atoms with Crippen molar-refractivity contribution in [3.63, 3.8) is 0 Å². The van der Waals surface area contributed by atoms with E-state index in [1.165, 1.54) is 6.20 Å². The van der Waals surface area contributed by atoms with Gasteiger partial charge in [-0.15, -0.1) is 0 Å². The van der Waals surface area contributed by atoms with Crippen LogP contribution in [-0.2, 0) is 0 Å². The second-order valence-corrected chi connectivity index (χ2v) is 4.91. The van der Waals surface area contributed by atoms with Gasteiger partial charge >= 0.3 is 0 Å². The van der Waals surface area contributed by atoms with E-state index in [2.05, 4.69) is 10.3 Å². The van der Waals surface area contributed by atoms with E-state index in [4.69, 9.17) is 11.6 Å². The zero-order valence-electron chi connectivity index (χ0n) is 11.1. The van der Waals surface area contributed by atoms with Crippen molar-refractivity contribution >= 4 is 23.1 Å². The van der Waals surface area contributed by atoms with Crippen LogP contribution < -0.4 is 5.32 Å². The Balaban J connectivity index is 2.20. The Bertz CT molecular complexity index is 646. The Morgan fingerprint density at radius 2 is 2.10 bits per heavy atom. The molecule has 1 N–H and O–H groups in total. The molecule has 2 rings (SSSR count). The molecule has 6 heteroatoms. The third kappa shape index (κ3) is 3.05. The molecule has 0 radical (unpaired) electrons. The number of nitro groups is 1. The zero-order valence-corrected chi connectivity index (χ0v) is 11.9. The lowest BCUT2D eigenvalue weighted by Gasteiger charge is -2.16. The van der Waals surface area contributed by atoms with Gasteiger partial charge in [-0.3, -0.25) is 10.1 Å². The highest BCUT2D eigenvalue weighted by molar-refractivity contribution is 6.31. The summed E-state index contributed by atoms with van der Waals surface area (Å²) in [6.07, 6.45) is 1.26. The zero-order chi connectivity index (χ0) is 14.7. The van der Waals surface area contributed by atoms with Gasteiger partial charge in [-0.25, -0.2) is 4.98 Å². The Morgan fingerprint density at radius 3 is 2.70 bits per heavy atom. The molecular weight excluding hydrogens is 278 g/mol. The molecule has 20 heavy (non-hydrogen) atoms. The summed E-state index contributed by atoms with van der Waals surface area (Å²) >= 11 is 6.13. The quantitative estimate of drug-likeness (QED) is 0.679. The van der Waals surface area contributed by atoms with Gasteiger partial charge in [0.15, 0.2) is 0 Å². The second kappa shape index (κ2) is 5.88. The van der Waals surface area contributed by atoms with Crippen LogP contribution in [0, 0.1) is 17.0 Å². The molecule has 5 nitrogen and oxygen atoms in total. The lowest BCUT2D eigenvalue weighted by Crippen LogP contribution is -2.09. The molecule has 0 aliphatic heterocycles. The number of pyridine rings is 1. The molecule has 1 aromatic heterocycles. The van der Waals surface area contributed by atoms with E-state index in [0.717, 1.165) is 5.56 Å². The van der Waals surface area contributed by atoms with Crippen molar-refractivity contribution in [2.24, 2.45) is 0 Å². The van der Waals surface area contributed by atoms with Crippen molar-refractivity contribution < 1.29 is 4.92 Å². The molecule has 104 valence electrons. The summed E-state index contributed by atoms with van der Waals surface area (Å²) in [5.41, 5.74) is 1.53. The van der Waals surface area contributed by atoms with Crippen LogP contribution in [-0.4, -0.2) is 9.91 Å². The molecule has 1 unspecified atom stereocenters.